The predicted molar refractivity (Wildman–Crippen MR) is 105 cm³/mol. The van der Waals surface area contributed by atoms with Gasteiger partial charge in [-0.3, -0.25) is 9.59 Å². The molecule has 0 aromatic heterocycles. The van der Waals surface area contributed by atoms with E-state index in [0.717, 1.165) is 0 Å². The largest absolute Gasteiger partial charge is 0.484 e. The van der Waals surface area contributed by atoms with Crippen molar-refractivity contribution in [2.45, 2.75) is 18.9 Å². The van der Waals surface area contributed by atoms with Crippen molar-refractivity contribution in [1.29, 1.82) is 0 Å². The minimum Gasteiger partial charge on any atom is -0.484 e. The molecule has 27 heavy (non-hydrogen) atoms. The van der Waals surface area contributed by atoms with Gasteiger partial charge in [0.25, 0.3) is 11.8 Å². The quantitative estimate of drug-likeness (QED) is 0.821. The molecule has 3 rings (SSSR count). The van der Waals surface area contributed by atoms with Crippen LogP contribution in [0.5, 0.6) is 5.75 Å². The molecule has 2 aromatic rings. The lowest BCUT2D eigenvalue weighted by atomic mass is 10.0. The summed E-state index contributed by atoms with van der Waals surface area (Å²) in [7, 11) is 0. The first kappa shape index (κ1) is 19.5. The Balaban J connectivity index is 1.44. The number of halogens is 2. The summed E-state index contributed by atoms with van der Waals surface area (Å²) in [6, 6.07) is 14.1. The molecule has 7 heteroatoms. The van der Waals surface area contributed by atoms with Crippen molar-refractivity contribution in [3.63, 3.8) is 0 Å². The van der Waals surface area contributed by atoms with Crippen molar-refractivity contribution in [3.05, 3.63) is 64.1 Å². The highest BCUT2D eigenvalue weighted by atomic mass is 35.5. The van der Waals surface area contributed by atoms with Gasteiger partial charge in [-0.15, -0.1) is 0 Å². The summed E-state index contributed by atoms with van der Waals surface area (Å²) in [6.45, 7) is 1.19. The SMILES string of the molecule is O=C(NC1CCN(C(=O)COc2ccccc2)CC1)c1ccc(Cl)c(Cl)c1. The van der Waals surface area contributed by atoms with Crippen molar-refractivity contribution in [2.24, 2.45) is 0 Å². The summed E-state index contributed by atoms with van der Waals surface area (Å²) in [6.07, 6.45) is 1.40. The number of nitrogens with one attached hydrogen (secondary N) is 1. The number of para-hydroxylation sites is 1. The average Bonchev–Trinajstić information content (AvgIpc) is 2.69. The maximum absolute atomic E-state index is 12.3. The molecule has 2 amide bonds. The summed E-state index contributed by atoms with van der Waals surface area (Å²) in [5.74, 6) is 0.438. The van der Waals surface area contributed by atoms with E-state index < -0.39 is 0 Å². The van der Waals surface area contributed by atoms with E-state index in [1.165, 1.54) is 0 Å². The fraction of sp³-hybridized carbons (Fsp3) is 0.300. The van der Waals surface area contributed by atoms with Gasteiger partial charge >= 0.3 is 0 Å². The Morgan fingerprint density at radius 1 is 1.04 bits per heavy atom. The van der Waals surface area contributed by atoms with E-state index in [1.807, 2.05) is 30.3 Å². The third-order valence-electron chi connectivity index (χ3n) is 4.47. The topological polar surface area (TPSA) is 58.6 Å². The summed E-state index contributed by atoms with van der Waals surface area (Å²) < 4.78 is 5.51. The van der Waals surface area contributed by atoms with Gasteiger partial charge in [-0.1, -0.05) is 41.4 Å². The first-order valence-corrected chi connectivity index (χ1v) is 9.50. The number of rotatable bonds is 5. The Bertz CT molecular complexity index is 806. The highest BCUT2D eigenvalue weighted by Gasteiger charge is 2.24. The van der Waals surface area contributed by atoms with E-state index >= 15 is 0 Å². The van der Waals surface area contributed by atoms with Crippen LogP contribution in [0, 0.1) is 0 Å². The Morgan fingerprint density at radius 2 is 1.74 bits per heavy atom. The minimum absolute atomic E-state index is 0.0182. The molecule has 142 valence electrons. The molecule has 0 radical (unpaired) electrons. The second kappa shape index (κ2) is 9.11. The number of amides is 2. The van der Waals surface area contributed by atoms with Crippen molar-refractivity contribution < 1.29 is 14.3 Å². The minimum atomic E-state index is -0.189. The number of hydrogen-bond donors (Lipinski definition) is 1. The standard InChI is InChI=1S/C20H20Cl2N2O3/c21-17-7-6-14(12-18(17)22)20(26)23-15-8-10-24(11-9-15)19(25)13-27-16-4-2-1-3-5-16/h1-7,12,15H,8-11,13H2,(H,23,26). The van der Waals surface area contributed by atoms with E-state index in [0.29, 0.717) is 47.3 Å². The summed E-state index contributed by atoms with van der Waals surface area (Å²) in [5.41, 5.74) is 0.471. The van der Waals surface area contributed by atoms with Gasteiger partial charge in [-0.2, -0.15) is 0 Å². The number of likely N-dealkylation sites (tertiary alicyclic amines) is 1. The van der Waals surface area contributed by atoms with Gasteiger partial charge in [0.2, 0.25) is 0 Å². The molecule has 0 spiro atoms. The Labute approximate surface area is 168 Å². The van der Waals surface area contributed by atoms with Gasteiger partial charge in [0, 0.05) is 24.7 Å². The van der Waals surface area contributed by atoms with Crippen LogP contribution in [0.2, 0.25) is 10.0 Å². The number of piperidine rings is 1. The van der Waals surface area contributed by atoms with Crippen molar-refractivity contribution >= 4 is 35.0 Å². The highest BCUT2D eigenvalue weighted by molar-refractivity contribution is 6.42. The van der Waals surface area contributed by atoms with Gasteiger partial charge in [-0.25, -0.2) is 0 Å². The molecule has 0 atom stereocenters. The second-order valence-corrected chi connectivity index (χ2v) is 7.17. The van der Waals surface area contributed by atoms with E-state index in [2.05, 4.69) is 5.32 Å². The molecule has 1 fully saturated rings. The van der Waals surface area contributed by atoms with Crippen molar-refractivity contribution in [1.82, 2.24) is 10.2 Å². The van der Waals surface area contributed by atoms with Crippen LogP contribution in [0.25, 0.3) is 0 Å². The van der Waals surface area contributed by atoms with Crippen LogP contribution in [0.1, 0.15) is 23.2 Å². The molecule has 1 saturated heterocycles. The monoisotopic (exact) mass is 406 g/mol. The van der Waals surface area contributed by atoms with Crippen molar-refractivity contribution in [3.8, 4) is 5.75 Å². The smallest absolute Gasteiger partial charge is 0.260 e. The van der Waals surface area contributed by atoms with Crippen LogP contribution in [0.15, 0.2) is 48.5 Å². The number of hydrogen-bond acceptors (Lipinski definition) is 3. The van der Waals surface area contributed by atoms with Crippen LogP contribution in [0.4, 0.5) is 0 Å². The van der Waals surface area contributed by atoms with Gasteiger partial charge < -0.3 is 15.0 Å². The van der Waals surface area contributed by atoms with Crippen LogP contribution in [0.3, 0.4) is 0 Å². The Morgan fingerprint density at radius 3 is 2.41 bits per heavy atom. The zero-order valence-electron chi connectivity index (χ0n) is 14.7. The number of carbonyl (C=O) groups is 2. The number of carbonyl (C=O) groups excluding carboxylic acids is 2. The maximum atomic E-state index is 12.3. The highest BCUT2D eigenvalue weighted by Crippen LogP contribution is 2.23. The first-order valence-electron chi connectivity index (χ1n) is 8.74. The van der Waals surface area contributed by atoms with E-state index in [9.17, 15) is 9.59 Å². The van der Waals surface area contributed by atoms with Crippen LogP contribution < -0.4 is 10.1 Å². The van der Waals surface area contributed by atoms with Crippen LogP contribution >= 0.6 is 23.2 Å². The van der Waals surface area contributed by atoms with E-state index in [4.69, 9.17) is 27.9 Å². The summed E-state index contributed by atoms with van der Waals surface area (Å²) in [5, 5.41) is 3.75. The third-order valence-corrected chi connectivity index (χ3v) is 5.21. The molecule has 2 aromatic carbocycles. The van der Waals surface area contributed by atoms with E-state index in [-0.39, 0.29) is 24.5 Å². The van der Waals surface area contributed by atoms with Gasteiger partial charge in [-0.05, 0) is 43.2 Å². The zero-order valence-corrected chi connectivity index (χ0v) is 16.2. The lowest BCUT2D eigenvalue weighted by molar-refractivity contribution is -0.134. The van der Waals surface area contributed by atoms with Crippen molar-refractivity contribution in [2.75, 3.05) is 19.7 Å². The molecule has 1 aliphatic heterocycles. The van der Waals surface area contributed by atoms with Crippen LogP contribution in [-0.2, 0) is 4.79 Å². The summed E-state index contributed by atoms with van der Waals surface area (Å²) in [4.78, 5) is 26.4. The molecule has 5 nitrogen and oxygen atoms in total. The summed E-state index contributed by atoms with van der Waals surface area (Å²) >= 11 is 11.8. The van der Waals surface area contributed by atoms with Gasteiger partial charge in [0.15, 0.2) is 6.61 Å². The average molecular weight is 407 g/mol. The first-order chi connectivity index (χ1) is 13.0. The Kier molecular flexibility index (Phi) is 6.58. The molecule has 1 N–H and O–H groups in total. The number of ether oxygens (including phenoxy) is 1. The van der Waals surface area contributed by atoms with E-state index in [1.54, 1.807) is 23.1 Å². The zero-order chi connectivity index (χ0) is 19.2. The predicted octanol–water partition coefficient (Wildman–Crippen LogP) is 3.79. The Hall–Kier alpha value is -2.24. The molecular weight excluding hydrogens is 387 g/mol. The third kappa shape index (κ3) is 5.37. The molecule has 0 saturated carbocycles. The fourth-order valence-electron chi connectivity index (χ4n) is 2.93. The number of nitrogens with zero attached hydrogens (tertiary/aromatic N) is 1. The van der Waals surface area contributed by atoms with Gasteiger partial charge in [0.1, 0.15) is 5.75 Å². The molecule has 0 bridgehead atoms. The molecular formula is C20H20Cl2N2O3. The van der Waals surface area contributed by atoms with Gasteiger partial charge in [0.05, 0.1) is 10.0 Å². The van der Waals surface area contributed by atoms with Crippen LogP contribution in [-0.4, -0.2) is 42.5 Å². The maximum Gasteiger partial charge on any atom is 0.260 e. The normalized spacial score (nSPS) is 14.7. The second-order valence-electron chi connectivity index (χ2n) is 6.36. The fourth-order valence-corrected chi connectivity index (χ4v) is 3.23. The molecule has 0 aliphatic carbocycles. The molecule has 0 unspecified atom stereocenters. The lowest BCUT2D eigenvalue weighted by Crippen LogP contribution is -2.47. The molecule has 1 aliphatic rings. The lowest BCUT2D eigenvalue weighted by Gasteiger charge is -2.32. The molecule has 1 heterocycles. The number of benzene rings is 2.